The Morgan fingerprint density at radius 2 is 2.22 bits per heavy atom. The van der Waals surface area contributed by atoms with Crippen LogP contribution in [-0.2, 0) is 7.05 Å². The minimum absolute atomic E-state index is 0.311. The zero-order valence-corrected chi connectivity index (χ0v) is 14.2. The molecule has 2 aromatic rings. The Hall–Kier alpha value is -1.85. The molecule has 0 amide bonds. The molecular weight excluding hydrogens is 288 g/mol. The summed E-state index contributed by atoms with van der Waals surface area (Å²) in [5, 5.41) is 3.47. The molecule has 124 valence electrons. The number of imidazole rings is 1. The maximum atomic E-state index is 6.03. The zero-order valence-electron chi connectivity index (χ0n) is 14.2. The zero-order chi connectivity index (χ0) is 16.2. The first-order valence-corrected chi connectivity index (χ1v) is 8.27. The van der Waals surface area contributed by atoms with Crippen LogP contribution in [0.3, 0.4) is 0 Å². The SMILES string of the molecule is Cc1ccc(C)c(OCCN2CCNCC2c2nccn2C)c1. The molecule has 2 heterocycles. The number of aromatic nitrogens is 2. The smallest absolute Gasteiger partial charge is 0.127 e. The Balaban J connectivity index is 1.62. The van der Waals surface area contributed by atoms with Crippen LogP contribution in [0.2, 0.25) is 0 Å². The maximum absolute atomic E-state index is 6.03. The van der Waals surface area contributed by atoms with Gasteiger partial charge in [0.2, 0.25) is 0 Å². The summed E-state index contributed by atoms with van der Waals surface area (Å²) in [6, 6.07) is 6.66. The van der Waals surface area contributed by atoms with Gasteiger partial charge < -0.3 is 14.6 Å². The lowest BCUT2D eigenvalue weighted by Crippen LogP contribution is -2.48. The second-order valence-electron chi connectivity index (χ2n) is 6.27. The molecule has 1 atom stereocenters. The summed E-state index contributed by atoms with van der Waals surface area (Å²) in [4.78, 5) is 6.98. The van der Waals surface area contributed by atoms with Crippen molar-refractivity contribution in [2.75, 3.05) is 32.8 Å². The van der Waals surface area contributed by atoms with E-state index in [-0.39, 0.29) is 0 Å². The van der Waals surface area contributed by atoms with Crippen molar-refractivity contribution < 1.29 is 4.74 Å². The predicted molar refractivity (Wildman–Crippen MR) is 91.8 cm³/mol. The van der Waals surface area contributed by atoms with E-state index in [1.807, 2.05) is 12.4 Å². The molecule has 3 rings (SSSR count). The van der Waals surface area contributed by atoms with Crippen molar-refractivity contribution in [3.8, 4) is 5.75 Å². The Bertz CT molecular complexity index is 652. The lowest BCUT2D eigenvalue weighted by molar-refractivity contribution is 0.127. The third-order valence-electron chi connectivity index (χ3n) is 4.49. The predicted octanol–water partition coefficient (Wildman–Crippen LogP) is 2.06. The normalized spacial score (nSPS) is 19.0. The van der Waals surface area contributed by atoms with Gasteiger partial charge in [0.1, 0.15) is 18.2 Å². The number of hydrogen-bond acceptors (Lipinski definition) is 4. The van der Waals surface area contributed by atoms with Gasteiger partial charge >= 0.3 is 0 Å². The standard InChI is InChI=1S/C18H26N4O/c1-14-4-5-15(2)17(12-14)23-11-10-22-9-6-19-13-16(22)18-20-7-8-21(18)3/h4-5,7-8,12,16,19H,6,9-11,13H2,1-3H3. The summed E-state index contributed by atoms with van der Waals surface area (Å²) >= 11 is 0. The van der Waals surface area contributed by atoms with Crippen LogP contribution in [0.15, 0.2) is 30.6 Å². The molecule has 1 aliphatic heterocycles. The van der Waals surface area contributed by atoms with Crippen molar-refractivity contribution in [1.29, 1.82) is 0 Å². The highest BCUT2D eigenvalue weighted by Gasteiger charge is 2.26. The van der Waals surface area contributed by atoms with Crippen molar-refractivity contribution in [3.63, 3.8) is 0 Å². The molecular formula is C18H26N4O. The van der Waals surface area contributed by atoms with Gasteiger partial charge in [0.15, 0.2) is 0 Å². The van der Waals surface area contributed by atoms with Crippen LogP contribution in [0, 0.1) is 13.8 Å². The van der Waals surface area contributed by atoms with Gasteiger partial charge in [0.05, 0.1) is 6.04 Å². The fourth-order valence-corrected chi connectivity index (χ4v) is 3.10. The number of rotatable bonds is 5. The molecule has 5 heteroatoms. The number of hydrogen-bond donors (Lipinski definition) is 1. The van der Waals surface area contributed by atoms with E-state index in [1.54, 1.807) is 0 Å². The van der Waals surface area contributed by atoms with Crippen LogP contribution >= 0.6 is 0 Å². The number of nitrogens with zero attached hydrogens (tertiary/aromatic N) is 3. The van der Waals surface area contributed by atoms with Gasteiger partial charge in [-0.05, 0) is 31.0 Å². The summed E-state index contributed by atoms with van der Waals surface area (Å²) in [7, 11) is 2.06. The molecule has 0 aliphatic carbocycles. The molecule has 1 aromatic heterocycles. The molecule has 0 saturated carbocycles. The lowest BCUT2D eigenvalue weighted by Gasteiger charge is -2.35. The van der Waals surface area contributed by atoms with E-state index in [0.29, 0.717) is 12.6 Å². The minimum Gasteiger partial charge on any atom is -0.492 e. The summed E-state index contributed by atoms with van der Waals surface area (Å²) < 4.78 is 8.13. The third-order valence-corrected chi connectivity index (χ3v) is 4.49. The van der Waals surface area contributed by atoms with Crippen LogP contribution in [0.1, 0.15) is 23.0 Å². The summed E-state index contributed by atoms with van der Waals surface area (Å²) in [6.45, 7) is 8.78. The number of piperazine rings is 1. The maximum Gasteiger partial charge on any atom is 0.127 e. The highest BCUT2D eigenvalue weighted by atomic mass is 16.5. The molecule has 1 unspecified atom stereocenters. The van der Waals surface area contributed by atoms with Crippen LogP contribution in [-0.4, -0.2) is 47.2 Å². The van der Waals surface area contributed by atoms with E-state index < -0.39 is 0 Å². The topological polar surface area (TPSA) is 42.3 Å². The van der Waals surface area contributed by atoms with E-state index in [1.165, 1.54) is 11.1 Å². The van der Waals surface area contributed by atoms with Gasteiger partial charge in [-0.3, -0.25) is 4.90 Å². The average Bonchev–Trinajstić information content (AvgIpc) is 2.97. The quantitative estimate of drug-likeness (QED) is 0.917. The fourth-order valence-electron chi connectivity index (χ4n) is 3.10. The van der Waals surface area contributed by atoms with Crippen molar-refractivity contribution in [2.24, 2.45) is 7.05 Å². The van der Waals surface area contributed by atoms with E-state index in [2.05, 4.69) is 58.9 Å². The Morgan fingerprint density at radius 3 is 3.00 bits per heavy atom. The Morgan fingerprint density at radius 1 is 1.35 bits per heavy atom. The molecule has 1 aliphatic rings. The molecule has 1 N–H and O–H groups in total. The summed E-state index contributed by atoms with van der Waals surface area (Å²) in [5.41, 5.74) is 2.43. The van der Waals surface area contributed by atoms with Crippen LogP contribution in [0.5, 0.6) is 5.75 Å². The van der Waals surface area contributed by atoms with E-state index in [4.69, 9.17) is 4.74 Å². The highest BCUT2D eigenvalue weighted by Crippen LogP contribution is 2.22. The molecule has 0 radical (unpaired) electrons. The van der Waals surface area contributed by atoms with Crippen LogP contribution in [0.4, 0.5) is 0 Å². The number of nitrogens with one attached hydrogen (secondary N) is 1. The Kier molecular flexibility index (Phi) is 4.98. The van der Waals surface area contributed by atoms with Crippen molar-refractivity contribution in [1.82, 2.24) is 19.8 Å². The van der Waals surface area contributed by atoms with Crippen molar-refractivity contribution in [3.05, 3.63) is 47.5 Å². The number of benzene rings is 1. The lowest BCUT2D eigenvalue weighted by atomic mass is 10.1. The average molecular weight is 314 g/mol. The van der Waals surface area contributed by atoms with E-state index in [0.717, 1.165) is 37.8 Å². The first-order valence-electron chi connectivity index (χ1n) is 8.27. The first-order chi connectivity index (χ1) is 11.1. The van der Waals surface area contributed by atoms with E-state index in [9.17, 15) is 0 Å². The summed E-state index contributed by atoms with van der Waals surface area (Å²) in [6.07, 6.45) is 3.88. The molecule has 1 saturated heterocycles. The summed E-state index contributed by atoms with van der Waals surface area (Å²) in [5.74, 6) is 2.11. The highest BCUT2D eigenvalue weighted by molar-refractivity contribution is 5.35. The van der Waals surface area contributed by atoms with Gasteiger partial charge in [-0.15, -0.1) is 0 Å². The second kappa shape index (κ2) is 7.15. The van der Waals surface area contributed by atoms with Gasteiger partial charge in [-0.1, -0.05) is 12.1 Å². The molecule has 0 bridgehead atoms. The molecule has 1 fully saturated rings. The number of ether oxygens (including phenoxy) is 1. The minimum atomic E-state index is 0.311. The van der Waals surface area contributed by atoms with Crippen molar-refractivity contribution >= 4 is 0 Å². The molecule has 5 nitrogen and oxygen atoms in total. The second-order valence-corrected chi connectivity index (χ2v) is 6.27. The van der Waals surface area contributed by atoms with Gasteiger partial charge in [0, 0.05) is 45.6 Å². The van der Waals surface area contributed by atoms with Gasteiger partial charge in [-0.25, -0.2) is 4.98 Å². The van der Waals surface area contributed by atoms with Crippen molar-refractivity contribution in [2.45, 2.75) is 19.9 Å². The number of aryl methyl sites for hydroxylation is 3. The third kappa shape index (κ3) is 3.74. The first kappa shape index (κ1) is 16.0. The van der Waals surface area contributed by atoms with E-state index >= 15 is 0 Å². The molecule has 1 aromatic carbocycles. The van der Waals surface area contributed by atoms with Crippen LogP contribution < -0.4 is 10.1 Å². The molecule has 0 spiro atoms. The van der Waals surface area contributed by atoms with Gasteiger partial charge in [-0.2, -0.15) is 0 Å². The monoisotopic (exact) mass is 314 g/mol. The van der Waals surface area contributed by atoms with Crippen LogP contribution in [0.25, 0.3) is 0 Å². The van der Waals surface area contributed by atoms with Gasteiger partial charge in [0.25, 0.3) is 0 Å². The largest absolute Gasteiger partial charge is 0.492 e. The Labute approximate surface area is 138 Å². The fraction of sp³-hybridized carbons (Fsp3) is 0.500. The molecule has 23 heavy (non-hydrogen) atoms.